The maximum atomic E-state index is 12.8. The Morgan fingerprint density at radius 2 is 2.13 bits per heavy atom. The van der Waals surface area contributed by atoms with Crippen molar-refractivity contribution in [1.82, 2.24) is 4.90 Å². The SMILES string of the molecule is COc1ccc(C(F)(F)F)cc1NC(=O)CC1CCCCN1C. The molecule has 1 aliphatic heterocycles. The topological polar surface area (TPSA) is 41.6 Å². The highest BCUT2D eigenvalue weighted by Gasteiger charge is 2.31. The Morgan fingerprint density at radius 3 is 2.74 bits per heavy atom. The Morgan fingerprint density at radius 1 is 1.39 bits per heavy atom. The number of nitrogens with one attached hydrogen (secondary N) is 1. The molecule has 1 N–H and O–H groups in total. The van der Waals surface area contributed by atoms with E-state index in [1.165, 1.54) is 13.2 Å². The molecule has 0 radical (unpaired) electrons. The fourth-order valence-electron chi connectivity index (χ4n) is 2.80. The lowest BCUT2D eigenvalue weighted by molar-refractivity contribution is -0.137. The van der Waals surface area contributed by atoms with Crippen molar-refractivity contribution in [3.05, 3.63) is 23.8 Å². The summed E-state index contributed by atoms with van der Waals surface area (Å²) in [6.07, 6.45) is -1.11. The van der Waals surface area contributed by atoms with E-state index in [4.69, 9.17) is 4.74 Å². The van der Waals surface area contributed by atoms with Crippen molar-refractivity contribution in [2.75, 3.05) is 26.0 Å². The molecular weight excluding hydrogens is 309 g/mol. The third-order valence-corrected chi connectivity index (χ3v) is 4.14. The van der Waals surface area contributed by atoms with E-state index in [0.717, 1.165) is 37.9 Å². The van der Waals surface area contributed by atoms with E-state index in [0.29, 0.717) is 0 Å². The molecule has 1 atom stereocenters. The number of carbonyl (C=O) groups is 1. The number of halogens is 3. The average Bonchev–Trinajstić information content (AvgIpc) is 2.48. The van der Waals surface area contributed by atoms with Gasteiger partial charge in [-0.3, -0.25) is 4.79 Å². The van der Waals surface area contributed by atoms with Crippen LogP contribution in [0.2, 0.25) is 0 Å². The van der Waals surface area contributed by atoms with Crippen molar-refractivity contribution in [3.8, 4) is 5.75 Å². The smallest absolute Gasteiger partial charge is 0.416 e. The number of piperidine rings is 1. The number of alkyl halides is 3. The molecule has 1 heterocycles. The van der Waals surface area contributed by atoms with Gasteiger partial charge in [0, 0.05) is 12.5 Å². The highest BCUT2D eigenvalue weighted by molar-refractivity contribution is 5.92. The van der Waals surface area contributed by atoms with E-state index in [1.54, 1.807) is 0 Å². The number of benzene rings is 1. The summed E-state index contributed by atoms with van der Waals surface area (Å²) >= 11 is 0. The van der Waals surface area contributed by atoms with Crippen LogP contribution in [0.3, 0.4) is 0 Å². The summed E-state index contributed by atoms with van der Waals surface area (Å²) in [4.78, 5) is 14.3. The molecular formula is C16H21F3N2O2. The fourth-order valence-corrected chi connectivity index (χ4v) is 2.80. The van der Waals surface area contributed by atoms with Crippen LogP contribution in [0.4, 0.5) is 18.9 Å². The summed E-state index contributed by atoms with van der Waals surface area (Å²) in [6, 6.07) is 3.18. The normalized spacial score (nSPS) is 19.4. The van der Waals surface area contributed by atoms with Gasteiger partial charge in [-0.25, -0.2) is 0 Å². The summed E-state index contributed by atoms with van der Waals surface area (Å²) in [5.41, 5.74) is -0.769. The van der Waals surface area contributed by atoms with Crippen molar-refractivity contribution < 1.29 is 22.7 Å². The molecule has 0 aromatic heterocycles. The molecule has 1 amide bonds. The lowest BCUT2D eigenvalue weighted by Crippen LogP contribution is -2.38. The van der Waals surface area contributed by atoms with Crippen LogP contribution in [0, 0.1) is 0 Å². The number of hydrogen-bond acceptors (Lipinski definition) is 3. The van der Waals surface area contributed by atoms with Gasteiger partial charge >= 0.3 is 6.18 Å². The highest BCUT2D eigenvalue weighted by atomic mass is 19.4. The Labute approximate surface area is 133 Å². The summed E-state index contributed by atoms with van der Waals surface area (Å²) in [5.74, 6) is -0.0928. The molecule has 0 spiro atoms. The second-order valence-corrected chi connectivity index (χ2v) is 5.80. The third kappa shape index (κ3) is 4.60. The zero-order chi connectivity index (χ0) is 17.0. The van der Waals surface area contributed by atoms with Gasteiger partial charge in [-0.15, -0.1) is 0 Å². The Balaban J connectivity index is 2.09. The molecule has 0 aliphatic carbocycles. The van der Waals surface area contributed by atoms with Crippen LogP contribution in [0.1, 0.15) is 31.2 Å². The second-order valence-electron chi connectivity index (χ2n) is 5.80. The van der Waals surface area contributed by atoms with Gasteiger partial charge in [0.15, 0.2) is 0 Å². The van der Waals surface area contributed by atoms with Crippen LogP contribution < -0.4 is 10.1 Å². The number of ether oxygens (including phenoxy) is 1. The van der Waals surface area contributed by atoms with Crippen LogP contribution in [0.15, 0.2) is 18.2 Å². The Kier molecular flexibility index (Phi) is 5.51. The number of nitrogens with zero attached hydrogens (tertiary/aromatic N) is 1. The summed E-state index contributed by atoms with van der Waals surface area (Å²) in [5, 5.41) is 2.55. The lowest BCUT2D eigenvalue weighted by atomic mass is 10.00. The molecule has 1 aliphatic rings. The predicted molar refractivity (Wildman–Crippen MR) is 81.5 cm³/mol. The first-order valence-corrected chi connectivity index (χ1v) is 7.56. The second kappa shape index (κ2) is 7.21. The van der Waals surface area contributed by atoms with Crippen LogP contribution in [-0.2, 0) is 11.0 Å². The minimum atomic E-state index is -4.46. The number of methoxy groups -OCH3 is 1. The van der Waals surface area contributed by atoms with Crippen LogP contribution >= 0.6 is 0 Å². The predicted octanol–water partition coefficient (Wildman–Crippen LogP) is 3.53. The number of anilines is 1. The van der Waals surface area contributed by atoms with Crippen molar-refractivity contribution in [3.63, 3.8) is 0 Å². The number of rotatable bonds is 4. The largest absolute Gasteiger partial charge is 0.495 e. The average molecular weight is 330 g/mol. The Bertz CT molecular complexity index is 561. The zero-order valence-electron chi connectivity index (χ0n) is 13.2. The molecule has 1 aromatic carbocycles. The molecule has 1 saturated heterocycles. The van der Waals surface area contributed by atoms with E-state index >= 15 is 0 Å². The summed E-state index contributed by atoms with van der Waals surface area (Å²) in [7, 11) is 3.31. The molecule has 1 aromatic rings. The zero-order valence-corrected chi connectivity index (χ0v) is 13.2. The van der Waals surface area contributed by atoms with E-state index < -0.39 is 11.7 Å². The first-order valence-electron chi connectivity index (χ1n) is 7.56. The van der Waals surface area contributed by atoms with Crippen molar-refractivity contribution in [2.24, 2.45) is 0 Å². The quantitative estimate of drug-likeness (QED) is 0.918. The maximum absolute atomic E-state index is 12.8. The van der Waals surface area contributed by atoms with Gasteiger partial charge < -0.3 is 15.0 Å². The van der Waals surface area contributed by atoms with Gasteiger partial charge in [0.2, 0.25) is 5.91 Å². The molecule has 23 heavy (non-hydrogen) atoms. The fraction of sp³-hybridized carbons (Fsp3) is 0.562. The molecule has 128 valence electrons. The van der Waals surface area contributed by atoms with Crippen LogP contribution in [0.25, 0.3) is 0 Å². The van der Waals surface area contributed by atoms with Gasteiger partial charge in [0.1, 0.15) is 5.75 Å². The molecule has 0 saturated carbocycles. The van der Waals surface area contributed by atoms with Crippen molar-refractivity contribution in [1.29, 1.82) is 0 Å². The number of hydrogen-bond donors (Lipinski definition) is 1. The minimum Gasteiger partial charge on any atom is -0.495 e. The van der Waals surface area contributed by atoms with Crippen molar-refractivity contribution >= 4 is 11.6 Å². The minimum absolute atomic E-state index is 0.0470. The van der Waals surface area contributed by atoms with Gasteiger partial charge in [-0.2, -0.15) is 13.2 Å². The van der Waals surface area contributed by atoms with Gasteiger partial charge in [0.05, 0.1) is 18.4 Å². The van der Waals surface area contributed by atoms with Gasteiger partial charge in [-0.1, -0.05) is 6.42 Å². The van der Waals surface area contributed by atoms with Crippen LogP contribution in [0.5, 0.6) is 5.75 Å². The molecule has 7 heteroatoms. The lowest BCUT2D eigenvalue weighted by Gasteiger charge is -2.32. The van der Waals surface area contributed by atoms with Crippen LogP contribution in [-0.4, -0.2) is 37.6 Å². The van der Waals surface area contributed by atoms with E-state index in [1.807, 2.05) is 7.05 Å². The third-order valence-electron chi connectivity index (χ3n) is 4.14. The van der Waals surface area contributed by atoms with E-state index in [-0.39, 0.29) is 29.8 Å². The number of carbonyl (C=O) groups excluding carboxylic acids is 1. The summed E-state index contributed by atoms with van der Waals surface area (Å²) in [6.45, 7) is 0.935. The van der Waals surface area contributed by atoms with E-state index in [9.17, 15) is 18.0 Å². The van der Waals surface area contributed by atoms with Gasteiger partial charge in [-0.05, 0) is 44.6 Å². The maximum Gasteiger partial charge on any atom is 0.416 e. The summed E-state index contributed by atoms with van der Waals surface area (Å²) < 4.78 is 43.4. The molecule has 1 fully saturated rings. The first kappa shape index (κ1) is 17.6. The molecule has 1 unspecified atom stereocenters. The molecule has 2 rings (SSSR count). The van der Waals surface area contributed by atoms with E-state index in [2.05, 4.69) is 10.2 Å². The highest BCUT2D eigenvalue weighted by Crippen LogP contribution is 2.35. The standard InChI is InChI=1S/C16H21F3N2O2/c1-21-8-4-3-5-12(21)10-15(22)20-13-9-11(16(17,18)19)6-7-14(13)23-2/h6-7,9,12H,3-5,8,10H2,1-2H3,(H,20,22). The Hall–Kier alpha value is -1.76. The monoisotopic (exact) mass is 330 g/mol. The first-order chi connectivity index (χ1) is 10.8. The van der Waals surface area contributed by atoms with Crippen molar-refractivity contribution in [2.45, 2.75) is 37.9 Å². The van der Waals surface area contributed by atoms with Gasteiger partial charge in [0.25, 0.3) is 0 Å². The molecule has 4 nitrogen and oxygen atoms in total. The molecule has 0 bridgehead atoms. The number of amides is 1. The number of likely N-dealkylation sites (tertiary alicyclic amines) is 1.